The minimum atomic E-state index is 0.222. The van der Waals surface area contributed by atoms with Gasteiger partial charge in [-0.25, -0.2) is 0 Å². The topological polar surface area (TPSA) is 32.3 Å². The number of nitrogens with zero attached hydrogens (tertiary/aromatic N) is 1. The van der Waals surface area contributed by atoms with Gasteiger partial charge in [0, 0.05) is 25.7 Å². The fraction of sp³-hybridized carbons (Fsp3) is 0.462. The first kappa shape index (κ1) is 12.7. The predicted molar refractivity (Wildman–Crippen MR) is 67.1 cm³/mol. The summed E-state index contributed by atoms with van der Waals surface area (Å²) in [5, 5.41) is 3.41. The molecule has 1 rings (SSSR count). The molecule has 1 atom stereocenters. The third-order valence-electron chi connectivity index (χ3n) is 2.61. The molecule has 1 fully saturated rings. The molecule has 1 aliphatic heterocycles. The monoisotopic (exact) mass is 220 g/mol. The van der Waals surface area contributed by atoms with Gasteiger partial charge in [0.05, 0.1) is 0 Å². The number of allylic oxidation sites excluding steroid dienone is 3. The Kier molecular flexibility index (Phi) is 5.57. The molecule has 16 heavy (non-hydrogen) atoms. The molecule has 88 valence electrons. The highest BCUT2D eigenvalue weighted by molar-refractivity contribution is 5.48. The molecular weight excluding hydrogens is 200 g/mol. The van der Waals surface area contributed by atoms with Gasteiger partial charge in [-0.3, -0.25) is 4.79 Å². The van der Waals surface area contributed by atoms with Crippen molar-refractivity contribution in [3.8, 4) is 0 Å². The molecule has 1 unspecified atom stereocenters. The zero-order valence-electron chi connectivity index (χ0n) is 9.86. The lowest BCUT2D eigenvalue weighted by atomic mass is 10.0. The zero-order chi connectivity index (χ0) is 11.8. The second kappa shape index (κ2) is 7.01. The van der Waals surface area contributed by atoms with Crippen LogP contribution in [0, 0.1) is 0 Å². The van der Waals surface area contributed by atoms with Gasteiger partial charge in [-0.2, -0.15) is 0 Å². The van der Waals surface area contributed by atoms with Crippen LogP contribution in [0.2, 0.25) is 0 Å². The first-order valence-electron chi connectivity index (χ1n) is 5.73. The number of carbonyl (C=O) groups is 1. The van der Waals surface area contributed by atoms with E-state index in [2.05, 4.69) is 31.0 Å². The molecule has 0 aromatic heterocycles. The summed E-state index contributed by atoms with van der Waals surface area (Å²) in [4.78, 5) is 12.5. The van der Waals surface area contributed by atoms with Crippen LogP contribution in [0.5, 0.6) is 0 Å². The SMILES string of the molecule is C=C/C=C(\C=C/CC)C1CN(C=O)CCN1. The van der Waals surface area contributed by atoms with Crippen molar-refractivity contribution in [2.45, 2.75) is 19.4 Å². The van der Waals surface area contributed by atoms with Crippen LogP contribution < -0.4 is 5.32 Å². The van der Waals surface area contributed by atoms with Crippen LogP contribution in [-0.2, 0) is 4.79 Å². The molecule has 1 heterocycles. The van der Waals surface area contributed by atoms with Crippen molar-refractivity contribution in [3.05, 3.63) is 36.5 Å². The minimum absolute atomic E-state index is 0.222. The third kappa shape index (κ3) is 3.66. The average Bonchev–Trinajstić information content (AvgIpc) is 2.34. The highest BCUT2D eigenvalue weighted by Gasteiger charge is 2.19. The Hall–Kier alpha value is -1.35. The Labute approximate surface area is 97.5 Å². The van der Waals surface area contributed by atoms with Crippen LogP contribution >= 0.6 is 0 Å². The van der Waals surface area contributed by atoms with Gasteiger partial charge in [0.1, 0.15) is 0 Å². The fourth-order valence-electron chi connectivity index (χ4n) is 1.77. The molecule has 3 heteroatoms. The molecule has 0 aliphatic carbocycles. The first-order valence-corrected chi connectivity index (χ1v) is 5.73. The van der Waals surface area contributed by atoms with Crippen molar-refractivity contribution in [3.63, 3.8) is 0 Å². The summed E-state index contributed by atoms with van der Waals surface area (Å²) in [5.41, 5.74) is 1.18. The van der Waals surface area contributed by atoms with Crippen LogP contribution in [0.4, 0.5) is 0 Å². The van der Waals surface area contributed by atoms with E-state index >= 15 is 0 Å². The summed E-state index contributed by atoms with van der Waals surface area (Å²) in [6.45, 7) is 8.20. The maximum atomic E-state index is 10.7. The lowest BCUT2D eigenvalue weighted by molar-refractivity contribution is -0.119. The van der Waals surface area contributed by atoms with Gasteiger partial charge >= 0.3 is 0 Å². The number of piperazine rings is 1. The fourth-order valence-corrected chi connectivity index (χ4v) is 1.77. The molecule has 0 spiro atoms. The summed E-state index contributed by atoms with van der Waals surface area (Å²) in [6.07, 6.45) is 9.95. The second-order valence-corrected chi connectivity index (χ2v) is 3.82. The van der Waals surface area contributed by atoms with Crippen molar-refractivity contribution in [2.24, 2.45) is 0 Å². The van der Waals surface area contributed by atoms with Gasteiger partial charge in [0.2, 0.25) is 6.41 Å². The van der Waals surface area contributed by atoms with E-state index in [0.29, 0.717) is 0 Å². The molecule has 1 saturated heterocycles. The van der Waals surface area contributed by atoms with Crippen LogP contribution in [0.25, 0.3) is 0 Å². The average molecular weight is 220 g/mol. The number of hydrogen-bond donors (Lipinski definition) is 1. The van der Waals surface area contributed by atoms with E-state index in [1.54, 1.807) is 11.0 Å². The quantitative estimate of drug-likeness (QED) is 0.562. The number of hydrogen-bond acceptors (Lipinski definition) is 2. The Bertz CT molecular complexity index is 294. The Balaban J connectivity index is 2.70. The highest BCUT2D eigenvalue weighted by Crippen LogP contribution is 2.10. The van der Waals surface area contributed by atoms with E-state index in [-0.39, 0.29) is 6.04 Å². The van der Waals surface area contributed by atoms with E-state index in [9.17, 15) is 4.79 Å². The normalized spacial score (nSPS) is 22.4. The van der Waals surface area contributed by atoms with Crippen LogP contribution in [0.1, 0.15) is 13.3 Å². The van der Waals surface area contributed by atoms with Crippen molar-refractivity contribution < 1.29 is 4.79 Å². The molecule has 0 aromatic rings. The molecule has 0 radical (unpaired) electrons. The molecule has 0 bridgehead atoms. The summed E-state index contributed by atoms with van der Waals surface area (Å²) in [7, 11) is 0. The van der Waals surface area contributed by atoms with E-state index in [1.165, 1.54) is 5.57 Å². The van der Waals surface area contributed by atoms with Gasteiger partial charge in [-0.1, -0.05) is 37.8 Å². The Morgan fingerprint density at radius 2 is 2.44 bits per heavy atom. The lowest BCUT2D eigenvalue weighted by Gasteiger charge is -2.31. The van der Waals surface area contributed by atoms with Gasteiger partial charge in [-0.05, 0) is 12.0 Å². The molecule has 0 aromatic carbocycles. The molecule has 3 nitrogen and oxygen atoms in total. The summed E-state index contributed by atoms with van der Waals surface area (Å²) in [5.74, 6) is 0. The maximum Gasteiger partial charge on any atom is 0.209 e. The maximum absolute atomic E-state index is 10.7. The van der Waals surface area contributed by atoms with Crippen molar-refractivity contribution in [2.75, 3.05) is 19.6 Å². The van der Waals surface area contributed by atoms with Gasteiger partial charge in [0.15, 0.2) is 0 Å². The smallest absolute Gasteiger partial charge is 0.209 e. The van der Waals surface area contributed by atoms with Crippen LogP contribution in [-0.4, -0.2) is 37.0 Å². The van der Waals surface area contributed by atoms with E-state index in [0.717, 1.165) is 32.5 Å². The number of rotatable bonds is 5. The number of nitrogens with one attached hydrogen (secondary N) is 1. The second-order valence-electron chi connectivity index (χ2n) is 3.82. The third-order valence-corrected chi connectivity index (χ3v) is 2.61. The number of carbonyl (C=O) groups excluding carboxylic acids is 1. The van der Waals surface area contributed by atoms with E-state index in [1.807, 2.05) is 6.08 Å². The Morgan fingerprint density at radius 3 is 3.06 bits per heavy atom. The van der Waals surface area contributed by atoms with Crippen molar-refractivity contribution in [1.29, 1.82) is 0 Å². The summed E-state index contributed by atoms with van der Waals surface area (Å²) >= 11 is 0. The molecular formula is C13H20N2O. The van der Waals surface area contributed by atoms with Crippen molar-refractivity contribution >= 4 is 6.41 Å². The molecule has 1 amide bonds. The molecule has 1 aliphatic rings. The predicted octanol–water partition coefficient (Wildman–Crippen LogP) is 1.50. The van der Waals surface area contributed by atoms with Crippen molar-refractivity contribution in [1.82, 2.24) is 10.2 Å². The lowest BCUT2D eigenvalue weighted by Crippen LogP contribution is -2.50. The molecule has 0 saturated carbocycles. The Morgan fingerprint density at radius 1 is 1.62 bits per heavy atom. The highest BCUT2D eigenvalue weighted by atomic mass is 16.1. The standard InChI is InChI=1S/C13H20N2O/c1-3-5-7-12(6-4-2)13-10-15(11-16)9-8-14-13/h4-7,11,13-14H,2-3,8-10H2,1H3/b7-5-,12-6+. The molecule has 1 N–H and O–H groups in total. The van der Waals surface area contributed by atoms with Gasteiger partial charge in [0.25, 0.3) is 0 Å². The van der Waals surface area contributed by atoms with Crippen LogP contribution in [0.3, 0.4) is 0 Å². The first-order chi connectivity index (χ1) is 7.81. The summed E-state index contributed by atoms with van der Waals surface area (Å²) < 4.78 is 0. The number of amides is 1. The van der Waals surface area contributed by atoms with Gasteiger partial charge < -0.3 is 10.2 Å². The van der Waals surface area contributed by atoms with Crippen LogP contribution in [0.15, 0.2) is 36.5 Å². The minimum Gasteiger partial charge on any atom is -0.342 e. The van der Waals surface area contributed by atoms with Gasteiger partial charge in [-0.15, -0.1) is 0 Å². The summed E-state index contributed by atoms with van der Waals surface area (Å²) in [6, 6.07) is 0.222. The largest absolute Gasteiger partial charge is 0.342 e. The zero-order valence-corrected chi connectivity index (χ0v) is 9.86. The van der Waals surface area contributed by atoms with E-state index < -0.39 is 0 Å². The van der Waals surface area contributed by atoms with E-state index in [4.69, 9.17) is 0 Å².